The van der Waals surface area contributed by atoms with Crippen molar-refractivity contribution in [1.29, 1.82) is 0 Å². The predicted octanol–water partition coefficient (Wildman–Crippen LogP) is 2.53. The van der Waals surface area contributed by atoms with Crippen LogP contribution in [0.5, 0.6) is 5.75 Å². The van der Waals surface area contributed by atoms with Gasteiger partial charge < -0.3 is 10.5 Å². The summed E-state index contributed by atoms with van der Waals surface area (Å²) in [6.07, 6.45) is 0.181. The molecule has 0 aromatic heterocycles. The third-order valence-corrected chi connectivity index (χ3v) is 2.17. The fraction of sp³-hybridized carbons (Fsp3) is 0.462. The number of carbonyl (C=O) groups is 1. The van der Waals surface area contributed by atoms with Crippen LogP contribution in [-0.2, 0) is 0 Å². The van der Waals surface area contributed by atoms with E-state index in [1.807, 2.05) is 0 Å². The number of ketones is 1. The number of carbonyl (C=O) groups excluding carboxylic acids is 1. The van der Waals surface area contributed by atoms with E-state index >= 15 is 0 Å². The van der Waals surface area contributed by atoms with Gasteiger partial charge in [-0.25, -0.2) is 4.39 Å². The monoisotopic (exact) mass is 239 g/mol. The molecule has 0 unspecified atom stereocenters. The lowest BCUT2D eigenvalue weighted by Crippen LogP contribution is -2.34. The molecule has 0 saturated heterocycles. The maximum Gasteiger partial charge on any atom is 0.165 e. The van der Waals surface area contributed by atoms with E-state index in [4.69, 9.17) is 10.5 Å². The molecule has 1 rings (SSSR count). The zero-order valence-electron chi connectivity index (χ0n) is 10.4. The first-order valence-electron chi connectivity index (χ1n) is 5.58. The van der Waals surface area contributed by atoms with Gasteiger partial charge in [0.05, 0.1) is 6.61 Å². The number of hydrogen-bond acceptors (Lipinski definition) is 3. The standard InChI is InChI=1S/C13H18FNO2/c1-4-17-12-6-5-9(7-10(12)14)11(16)8-13(2,3)15/h5-7H,4,8,15H2,1-3H3. The molecule has 0 aliphatic carbocycles. The van der Waals surface area contributed by atoms with Gasteiger partial charge in [0.1, 0.15) is 0 Å². The number of halogens is 1. The van der Waals surface area contributed by atoms with E-state index < -0.39 is 11.4 Å². The topological polar surface area (TPSA) is 52.3 Å². The normalized spacial score (nSPS) is 11.4. The Hall–Kier alpha value is -1.42. The van der Waals surface area contributed by atoms with Gasteiger partial charge in [-0.15, -0.1) is 0 Å². The Bertz CT molecular complexity index is 410. The molecule has 0 bridgehead atoms. The van der Waals surface area contributed by atoms with Crippen LogP contribution in [0.3, 0.4) is 0 Å². The Kier molecular flexibility index (Phi) is 4.23. The summed E-state index contributed by atoms with van der Waals surface area (Å²) in [5.74, 6) is -0.525. The molecule has 0 aliphatic rings. The molecule has 0 amide bonds. The second-order valence-corrected chi connectivity index (χ2v) is 4.67. The Labute approximate surface area is 101 Å². The Morgan fingerprint density at radius 3 is 2.59 bits per heavy atom. The molecule has 94 valence electrons. The van der Waals surface area contributed by atoms with E-state index in [0.29, 0.717) is 12.2 Å². The zero-order chi connectivity index (χ0) is 13.1. The van der Waals surface area contributed by atoms with Crippen molar-refractivity contribution in [2.24, 2.45) is 5.73 Å². The molecule has 4 heteroatoms. The third kappa shape index (κ3) is 4.15. The van der Waals surface area contributed by atoms with Gasteiger partial charge in [-0.05, 0) is 39.0 Å². The van der Waals surface area contributed by atoms with Crippen molar-refractivity contribution in [2.45, 2.75) is 32.7 Å². The number of ether oxygens (including phenoxy) is 1. The average molecular weight is 239 g/mol. The van der Waals surface area contributed by atoms with Crippen molar-refractivity contribution in [1.82, 2.24) is 0 Å². The summed E-state index contributed by atoms with van der Waals surface area (Å²) in [6, 6.07) is 4.22. The van der Waals surface area contributed by atoms with Gasteiger partial charge in [-0.2, -0.15) is 0 Å². The molecule has 0 spiro atoms. The first-order valence-corrected chi connectivity index (χ1v) is 5.58. The molecule has 0 radical (unpaired) electrons. The van der Waals surface area contributed by atoms with Crippen LogP contribution in [0.15, 0.2) is 18.2 Å². The number of nitrogens with two attached hydrogens (primary N) is 1. The Balaban J connectivity index is 2.86. The molecule has 0 aliphatic heterocycles. The quantitative estimate of drug-likeness (QED) is 0.803. The molecule has 0 atom stereocenters. The molecule has 17 heavy (non-hydrogen) atoms. The van der Waals surface area contributed by atoms with Gasteiger partial charge in [0, 0.05) is 17.5 Å². The number of rotatable bonds is 5. The molecular formula is C13H18FNO2. The van der Waals surface area contributed by atoms with Crippen LogP contribution in [0, 0.1) is 5.82 Å². The van der Waals surface area contributed by atoms with Crippen molar-refractivity contribution in [3.05, 3.63) is 29.6 Å². The molecule has 0 heterocycles. The van der Waals surface area contributed by atoms with Gasteiger partial charge in [0.2, 0.25) is 0 Å². The minimum atomic E-state index is -0.591. The average Bonchev–Trinajstić information content (AvgIpc) is 2.18. The predicted molar refractivity (Wildman–Crippen MR) is 64.8 cm³/mol. The lowest BCUT2D eigenvalue weighted by atomic mass is 9.95. The van der Waals surface area contributed by atoms with Crippen molar-refractivity contribution in [3.8, 4) is 5.75 Å². The zero-order valence-corrected chi connectivity index (χ0v) is 10.4. The van der Waals surface area contributed by atoms with Gasteiger partial charge in [-0.1, -0.05) is 0 Å². The second-order valence-electron chi connectivity index (χ2n) is 4.67. The van der Waals surface area contributed by atoms with E-state index in [9.17, 15) is 9.18 Å². The second kappa shape index (κ2) is 5.27. The fourth-order valence-electron chi connectivity index (χ4n) is 1.46. The lowest BCUT2D eigenvalue weighted by molar-refractivity contribution is 0.0960. The largest absolute Gasteiger partial charge is 0.491 e. The minimum absolute atomic E-state index is 0.163. The van der Waals surface area contributed by atoms with Gasteiger partial charge >= 0.3 is 0 Å². The molecule has 1 aromatic carbocycles. The van der Waals surface area contributed by atoms with Crippen molar-refractivity contribution >= 4 is 5.78 Å². The van der Waals surface area contributed by atoms with Gasteiger partial charge in [0.15, 0.2) is 17.3 Å². The maximum atomic E-state index is 13.5. The number of benzene rings is 1. The minimum Gasteiger partial charge on any atom is -0.491 e. The van der Waals surface area contributed by atoms with Crippen molar-refractivity contribution in [2.75, 3.05) is 6.61 Å². The maximum absolute atomic E-state index is 13.5. The summed E-state index contributed by atoms with van der Waals surface area (Å²) in [5, 5.41) is 0. The molecule has 1 aromatic rings. The Morgan fingerprint density at radius 1 is 1.47 bits per heavy atom. The summed E-state index contributed by atoms with van der Waals surface area (Å²) < 4.78 is 18.6. The Morgan fingerprint density at radius 2 is 2.12 bits per heavy atom. The van der Waals surface area contributed by atoms with Crippen LogP contribution in [0.1, 0.15) is 37.6 Å². The van der Waals surface area contributed by atoms with E-state index in [-0.39, 0.29) is 18.0 Å². The van der Waals surface area contributed by atoms with Crippen LogP contribution < -0.4 is 10.5 Å². The van der Waals surface area contributed by atoms with E-state index in [1.54, 1.807) is 26.8 Å². The van der Waals surface area contributed by atoms with Crippen molar-refractivity contribution in [3.63, 3.8) is 0 Å². The highest BCUT2D eigenvalue weighted by Crippen LogP contribution is 2.20. The highest BCUT2D eigenvalue weighted by molar-refractivity contribution is 5.96. The van der Waals surface area contributed by atoms with E-state index in [0.717, 1.165) is 0 Å². The summed E-state index contributed by atoms with van der Waals surface area (Å²) in [7, 11) is 0. The number of Topliss-reactive ketones (excluding diaryl/α,β-unsaturated/α-hetero) is 1. The molecule has 0 saturated carbocycles. The van der Waals surface area contributed by atoms with Crippen LogP contribution in [-0.4, -0.2) is 17.9 Å². The van der Waals surface area contributed by atoms with Gasteiger partial charge in [0.25, 0.3) is 0 Å². The van der Waals surface area contributed by atoms with E-state index in [2.05, 4.69) is 0 Å². The van der Waals surface area contributed by atoms with Crippen LogP contribution in [0.25, 0.3) is 0 Å². The molecule has 0 fully saturated rings. The van der Waals surface area contributed by atoms with Crippen LogP contribution in [0.2, 0.25) is 0 Å². The molecule has 2 N–H and O–H groups in total. The highest BCUT2D eigenvalue weighted by Gasteiger charge is 2.18. The van der Waals surface area contributed by atoms with Crippen molar-refractivity contribution < 1.29 is 13.9 Å². The summed E-state index contributed by atoms with van der Waals surface area (Å²) in [5.41, 5.74) is 5.48. The van der Waals surface area contributed by atoms with Crippen LogP contribution >= 0.6 is 0 Å². The van der Waals surface area contributed by atoms with Gasteiger partial charge in [-0.3, -0.25) is 4.79 Å². The molecular weight excluding hydrogens is 221 g/mol. The highest BCUT2D eigenvalue weighted by atomic mass is 19.1. The number of hydrogen-bond donors (Lipinski definition) is 1. The smallest absolute Gasteiger partial charge is 0.165 e. The lowest BCUT2D eigenvalue weighted by Gasteiger charge is -2.17. The summed E-state index contributed by atoms with van der Waals surface area (Å²) in [6.45, 7) is 5.68. The summed E-state index contributed by atoms with van der Waals surface area (Å²) >= 11 is 0. The van der Waals surface area contributed by atoms with E-state index in [1.165, 1.54) is 12.1 Å². The first kappa shape index (κ1) is 13.6. The molecule has 3 nitrogen and oxygen atoms in total. The fourth-order valence-corrected chi connectivity index (χ4v) is 1.46. The first-order chi connectivity index (χ1) is 7.83. The summed E-state index contributed by atoms with van der Waals surface area (Å²) in [4.78, 5) is 11.8. The van der Waals surface area contributed by atoms with Crippen LogP contribution in [0.4, 0.5) is 4.39 Å². The third-order valence-electron chi connectivity index (χ3n) is 2.17. The SMILES string of the molecule is CCOc1ccc(C(=O)CC(C)(C)N)cc1F.